The summed E-state index contributed by atoms with van der Waals surface area (Å²) < 4.78 is 37.0. The molecule has 0 bridgehead atoms. The number of carbonyl (C=O) groups is 2. The summed E-state index contributed by atoms with van der Waals surface area (Å²) in [4.78, 5) is 23.1. The van der Waals surface area contributed by atoms with E-state index in [0.717, 1.165) is 17.7 Å². The molecule has 1 spiro atoms. The van der Waals surface area contributed by atoms with Crippen molar-refractivity contribution < 1.29 is 27.9 Å². The number of aliphatic carboxylic acids is 1. The van der Waals surface area contributed by atoms with E-state index in [-0.39, 0.29) is 13.1 Å². The van der Waals surface area contributed by atoms with Gasteiger partial charge in [-0.2, -0.15) is 13.2 Å². The fraction of sp³-hybridized carbons (Fsp3) is 0.833. The molecule has 1 aliphatic carbocycles. The number of carboxylic acids is 1. The van der Waals surface area contributed by atoms with Crippen LogP contribution in [0.2, 0.25) is 0 Å². The van der Waals surface area contributed by atoms with E-state index in [4.69, 9.17) is 0 Å². The van der Waals surface area contributed by atoms with Gasteiger partial charge in [0.2, 0.25) is 0 Å². The maximum absolute atomic E-state index is 12.3. The van der Waals surface area contributed by atoms with Crippen molar-refractivity contribution in [2.75, 3.05) is 13.1 Å². The molecule has 0 aromatic rings. The van der Waals surface area contributed by atoms with E-state index in [1.54, 1.807) is 0 Å². The highest BCUT2D eigenvalue weighted by Gasteiger charge is 2.51. The maximum atomic E-state index is 12.3. The van der Waals surface area contributed by atoms with Gasteiger partial charge in [0, 0.05) is 13.1 Å². The molecule has 108 valence electrons. The number of hydrogen-bond donors (Lipinski definition) is 1. The average Bonchev–Trinajstić information content (AvgIpc) is 2.72. The third-order valence-corrected chi connectivity index (χ3v) is 4.49. The number of amides is 1. The number of hydrogen-bond acceptors (Lipinski definition) is 2. The van der Waals surface area contributed by atoms with Crippen LogP contribution in [0.3, 0.4) is 0 Å². The van der Waals surface area contributed by atoms with Crippen LogP contribution in [-0.4, -0.2) is 41.1 Å². The standard InChI is InChI=1S/C12H16F3NO3/c13-12(14,15)10(19)16-6-4-11(5-7-16)3-1-2-8(11)9(17)18/h8H,1-7H2,(H,17,18). The molecule has 2 aliphatic rings. The minimum Gasteiger partial charge on any atom is -0.481 e. The molecule has 2 rings (SSSR count). The number of halogens is 3. The molecule has 1 unspecified atom stereocenters. The fourth-order valence-corrected chi connectivity index (χ4v) is 3.46. The van der Waals surface area contributed by atoms with Crippen LogP contribution in [-0.2, 0) is 9.59 Å². The van der Waals surface area contributed by atoms with Crippen LogP contribution >= 0.6 is 0 Å². The zero-order chi connectivity index (χ0) is 14.3. The summed E-state index contributed by atoms with van der Waals surface area (Å²) in [6.07, 6.45) is -2.02. The van der Waals surface area contributed by atoms with Crippen molar-refractivity contribution in [3.63, 3.8) is 0 Å². The zero-order valence-corrected chi connectivity index (χ0v) is 10.4. The van der Waals surface area contributed by atoms with Crippen LogP contribution in [0, 0.1) is 11.3 Å². The second kappa shape index (κ2) is 4.68. The van der Waals surface area contributed by atoms with Gasteiger partial charge in [-0.3, -0.25) is 9.59 Å². The molecule has 19 heavy (non-hydrogen) atoms. The molecule has 0 aromatic carbocycles. The van der Waals surface area contributed by atoms with E-state index in [0.29, 0.717) is 19.3 Å². The van der Waals surface area contributed by atoms with Crippen molar-refractivity contribution in [3.05, 3.63) is 0 Å². The topological polar surface area (TPSA) is 57.6 Å². The third kappa shape index (κ3) is 2.55. The highest BCUT2D eigenvalue weighted by Crippen LogP contribution is 2.50. The number of carboxylic acid groups (broad SMARTS) is 1. The molecule has 0 radical (unpaired) electrons. The van der Waals surface area contributed by atoms with Gasteiger partial charge in [0.25, 0.3) is 0 Å². The number of piperidine rings is 1. The lowest BCUT2D eigenvalue weighted by Gasteiger charge is -2.42. The molecular weight excluding hydrogens is 263 g/mol. The van der Waals surface area contributed by atoms with E-state index < -0.39 is 29.4 Å². The van der Waals surface area contributed by atoms with Crippen molar-refractivity contribution >= 4 is 11.9 Å². The molecule has 7 heteroatoms. The van der Waals surface area contributed by atoms with Gasteiger partial charge in [-0.05, 0) is 31.1 Å². The van der Waals surface area contributed by atoms with Crippen molar-refractivity contribution in [2.24, 2.45) is 11.3 Å². The minimum atomic E-state index is -4.84. The molecule has 1 amide bonds. The van der Waals surface area contributed by atoms with Gasteiger partial charge >= 0.3 is 18.1 Å². The minimum absolute atomic E-state index is 0.00211. The van der Waals surface area contributed by atoms with E-state index >= 15 is 0 Å². The Morgan fingerprint density at radius 2 is 1.74 bits per heavy atom. The van der Waals surface area contributed by atoms with Gasteiger partial charge in [0.15, 0.2) is 0 Å². The fourth-order valence-electron chi connectivity index (χ4n) is 3.46. The molecule has 0 aromatic heterocycles. The van der Waals surface area contributed by atoms with Crippen LogP contribution in [0.4, 0.5) is 13.2 Å². The lowest BCUT2D eigenvalue weighted by molar-refractivity contribution is -0.188. The van der Waals surface area contributed by atoms with Crippen molar-refractivity contribution in [1.29, 1.82) is 0 Å². The Morgan fingerprint density at radius 1 is 1.16 bits per heavy atom. The summed E-state index contributed by atoms with van der Waals surface area (Å²) in [6.45, 7) is 0.00421. The van der Waals surface area contributed by atoms with Crippen LogP contribution in [0.1, 0.15) is 32.1 Å². The van der Waals surface area contributed by atoms with Crippen molar-refractivity contribution in [3.8, 4) is 0 Å². The smallest absolute Gasteiger partial charge is 0.471 e. The van der Waals surface area contributed by atoms with Gasteiger partial charge in [-0.25, -0.2) is 0 Å². The van der Waals surface area contributed by atoms with Gasteiger partial charge in [-0.1, -0.05) is 6.42 Å². The first-order valence-electron chi connectivity index (χ1n) is 6.35. The van der Waals surface area contributed by atoms with Crippen LogP contribution in [0.25, 0.3) is 0 Å². The zero-order valence-electron chi connectivity index (χ0n) is 10.4. The first kappa shape index (κ1) is 14.1. The molecule has 4 nitrogen and oxygen atoms in total. The Balaban J connectivity index is 2.03. The second-order valence-electron chi connectivity index (χ2n) is 5.44. The normalized spacial score (nSPS) is 26.7. The number of nitrogens with zero attached hydrogens (tertiary/aromatic N) is 1. The Kier molecular flexibility index (Phi) is 3.49. The Bertz CT molecular complexity index is 386. The van der Waals surface area contributed by atoms with E-state index in [2.05, 4.69) is 0 Å². The van der Waals surface area contributed by atoms with Gasteiger partial charge in [-0.15, -0.1) is 0 Å². The third-order valence-electron chi connectivity index (χ3n) is 4.49. The monoisotopic (exact) mass is 279 g/mol. The van der Waals surface area contributed by atoms with Crippen molar-refractivity contribution in [1.82, 2.24) is 4.90 Å². The summed E-state index contributed by atoms with van der Waals surface area (Å²) in [5.41, 5.74) is -0.409. The van der Waals surface area contributed by atoms with Crippen LogP contribution in [0.5, 0.6) is 0 Å². The summed E-state index contributed by atoms with van der Waals surface area (Å²) in [7, 11) is 0. The molecule has 2 fully saturated rings. The second-order valence-corrected chi connectivity index (χ2v) is 5.44. The highest BCUT2D eigenvalue weighted by molar-refractivity contribution is 5.82. The Labute approximate surface area is 108 Å². The highest BCUT2D eigenvalue weighted by atomic mass is 19.4. The first-order chi connectivity index (χ1) is 8.76. The van der Waals surface area contributed by atoms with Gasteiger partial charge in [0.1, 0.15) is 0 Å². The molecule has 1 atom stereocenters. The summed E-state index contributed by atoms with van der Waals surface area (Å²) >= 11 is 0. The van der Waals surface area contributed by atoms with Gasteiger partial charge in [0.05, 0.1) is 5.92 Å². The predicted octanol–water partition coefficient (Wildman–Crippen LogP) is 2.04. The molecule has 1 aliphatic heterocycles. The summed E-state index contributed by atoms with van der Waals surface area (Å²) in [5, 5.41) is 9.17. The van der Waals surface area contributed by atoms with Crippen LogP contribution < -0.4 is 0 Å². The van der Waals surface area contributed by atoms with E-state index in [1.165, 1.54) is 0 Å². The Hall–Kier alpha value is -1.27. The number of alkyl halides is 3. The van der Waals surface area contributed by atoms with E-state index in [1.807, 2.05) is 0 Å². The summed E-state index contributed by atoms with van der Waals surface area (Å²) in [5.74, 6) is -3.16. The van der Waals surface area contributed by atoms with E-state index in [9.17, 15) is 27.9 Å². The number of rotatable bonds is 1. The molecular formula is C12H16F3NO3. The predicted molar refractivity (Wildman–Crippen MR) is 59.3 cm³/mol. The lowest BCUT2D eigenvalue weighted by Crippen LogP contribution is -2.49. The largest absolute Gasteiger partial charge is 0.481 e. The molecule has 1 saturated carbocycles. The molecule has 1 saturated heterocycles. The molecule has 1 heterocycles. The Morgan fingerprint density at radius 3 is 2.21 bits per heavy atom. The van der Waals surface area contributed by atoms with Gasteiger partial charge < -0.3 is 10.0 Å². The first-order valence-corrected chi connectivity index (χ1v) is 6.35. The molecule has 1 N–H and O–H groups in total. The SMILES string of the molecule is O=C(O)C1CCCC12CCN(C(=O)C(F)(F)F)CC2. The summed E-state index contributed by atoms with van der Waals surface area (Å²) in [6, 6.07) is 0. The number of carbonyl (C=O) groups excluding carboxylic acids is 1. The average molecular weight is 279 g/mol. The maximum Gasteiger partial charge on any atom is 0.471 e. The quantitative estimate of drug-likeness (QED) is 0.799. The lowest BCUT2D eigenvalue weighted by atomic mass is 9.70. The van der Waals surface area contributed by atoms with Crippen LogP contribution in [0.15, 0.2) is 0 Å². The number of likely N-dealkylation sites (tertiary alicyclic amines) is 1. The van der Waals surface area contributed by atoms with Crippen molar-refractivity contribution in [2.45, 2.75) is 38.3 Å².